The molecule has 0 aliphatic carbocycles. The molecule has 1 amide bonds. The number of benzene rings is 1. The Kier molecular flexibility index (Phi) is 4.73. The third kappa shape index (κ3) is 3.20. The van der Waals surface area contributed by atoms with Gasteiger partial charge in [-0.05, 0) is 56.5 Å². The second-order valence-corrected chi connectivity index (χ2v) is 8.12. The van der Waals surface area contributed by atoms with Gasteiger partial charge in [0.2, 0.25) is 0 Å². The van der Waals surface area contributed by atoms with Gasteiger partial charge >= 0.3 is 0 Å². The molecule has 0 aliphatic rings. The molecule has 0 radical (unpaired) electrons. The van der Waals surface area contributed by atoms with Crippen LogP contribution in [0.1, 0.15) is 39.0 Å². The van der Waals surface area contributed by atoms with Gasteiger partial charge in [0.05, 0.1) is 27.2 Å². The first-order valence-corrected chi connectivity index (χ1v) is 10.0. The summed E-state index contributed by atoms with van der Waals surface area (Å²) in [6, 6.07) is 11.9. The molecule has 0 atom stereocenters. The zero-order valence-electron chi connectivity index (χ0n) is 16.3. The summed E-state index contributed by atoms with van der Waals surface area (Å²) in [5.74, 6) is -0.183. The van der Waals surface area contributed by atoms with Crippen LogP contribution in [0.4, 0.5) is 5.69 Å². The number of nitrogens with one attached hydrogen (secondary N) is 1. The number of aromatic nitrogens is 2. The van der Waals surface area contributed by atoms with Crippen LogP contribution in [-0.2, 0) is 6.42 Å². The number of carbonyl (C=O) groups excluding carboxylic acids is 1. The Morgan fingerprint density at radius 3 is 2.71 bits per heavy atom. The number of carbonyl (C=O) groups is 1. The summed E-state index contributed by atoms with van der Waals surface area (Å²) < 4.78 is 5.39. The van der Waals surface area contributed by atoms with Gasteiger partial charge < -0.3 is 9.84 Å². The predicted octanol–water partition coefficient (Wildman–Crippen LogP) is 5.69. The Balaban J connectivity index is 1.83. The maximum absolute atomic E-state index is 13.3. The molecule has 6 heteroatoms. The number of pyridine rings is 1. The number of aryl methyl sites for hydroxylation is 4. The number of thiophene rings is 1. The molecular weight excluding hydrogens is 370 g/mol. The first-order valence-electron chi connectivity index (χ1n) is 9.21. The second-order valence-electron chi connectivity index (χ2n) is 6.83. The summed E-state index contributed by atoms with van der Waals surface area (Å²) in [6.07, 6.45) is 0.842. The third-order valence-corrected chi connectivity index (χ3v) is 5.86. The van der Waals surface area contributed by atoms with E-state index >= 15 is 0 Å². The van der Waals surface area contributed by atoms with Crippen LogP contribution in [-0.4, -0.2) is 16.0 Å². The molecule has 28 heavy (non-hydrogen) atoms. The van der Waals surface area contributed by atoms with Crippen molar-refractivity contribution in [1.82, 2.24) is 10.1 Å². The van der Waals surface area contributed by atoms with Gasteiger partial charge in [-0.3, -0.25) is 4.79 Å². The number of nitrogens with zero attached hydrogens (tertiary/aromatic N) is 2. The number of hydrogen-bond acceptors (Lipinski definition) is 5. The van der Waals surface area contributed by atoms with Gasteiger partial charge in [0.25, 0.3) is 11.6 Å². The Morgan fingerprint density at radius 2 is 2.00 bits per heavy atom. The van der Waals surface area contributed by atoms with E-state index in [9.17, 15) is 4.79 Å². The average Bonchev–Trinajstić information content (AvgIpc) is 3.28. The number of para-hydroxylation sites is 1. The highest BCUT2D eigenvalue weighted by Crippen LogP contribution is 2.32. The number of fused-ring (bicyclic) bond motifs is 1. The van der Waals surface area contributed by atoms with Gasteiger partial charge in [-0.2, -0.15) is 0 Å². The number of rotatable bonds is 4. The molecule has 3 aromatic heterocycles. The monoisotopic (exact) mass is 391 g/mol. The highest BCUT2D eigenvalue weighted by atomic mass is 32.1. The van der Waals surface area contributed by atoms with E-state index in [-0.39, 0.29) is 5.91 Å². The van der Waals surface area contributed by atoms with Crippen LogP contribution < -0.4 is 5.32 Å². The van der Waals surface area contributed by atoms with Crippen molar-refractivity contribution < 1.29 is 9.32 Å². The first-order chi connectivity index (χ1) is 13.5. The fourth-order valence-corrected chi connectivity index (χ4v) is 4.18. The van der Waals surface area contributed by atoms with Crippen molar-refractivity contribution in [2.45, 2.75) is 34.1 Å². The minimum Gasteiger partial charge on any atom is -0.335 e. The summed E-state index contributed by atoms with van der Waals surface area (Å²) in [7, 11) is 0. The lowest BCUT2D eigenvalue weighted by molar-refractivity contribution is 0.102. The van der Waals surface area contributed by atoms with E-state index in [2.05, 4.69) is 22.4 Å². The molecule has 0 saturated carbocycles. The van der Waals surface area contributed by atoms with E-state index in [1.165, 1.54) is 4.88 Å². The highest BCUT2D eigenvalue weighted by Gasteiger charge is 2.21. The summed E-state index contributed by atoms with van der Waals surface area (Å²) in [5.41, 5.74) is 5.28. The molecule has 1 aromatic carbocycles. The minimum absolute atomic E-state index is 0.183. The van der Waals surface area contributed by atoms with Crippen LogP contribution in [0, 0.1) is 20.8 Å². The topological polar surface area (TPSA) is 68.0 Å². The van der Waals surface area contributed by atoms with Gasteiger partial charge in [-0.1, -0.05) is 30.3 Å². The molecule has 1 N–H and O–H groups in total. The molecule has 5 nitrogen and oxygen atoms in total. The number of anilines is 1. The molecule has 0 unspecified atom stereocenters. The smallest absolute Gasteiger partial charge is 0.259 e. The fourth-order valence-electron chi connectivity index (χ4n) is 3.36. The molecule has 4 rings (SSSR count). The van der Waals surface area contributed by atoms with Gasteiger partial charge in [-0.15, -0.1) is 11.3 Å². The lowest BCUT2D eigenvalue weighted by Gasteiger charge is -2.13. The van der Waals surface area contributed by atoms with Gasteiger partial charge in [0.15, 0.2) is 0 Å². The molecule has 0 aliphatic heterocycles. The van der Waals surface area contributed by atoms with E-state index in [1.807, 2.05) is 57.2 Å². The van der Waals surface area contributed by atoms with Crippen molar-refractivity contribution >= 4 is 34.0 Å². The highest BCUT2D eigenvalue weighted by molar-refractivity contribution is 7.15. The number of amides is 1. The molecule has 0 saturated heterocycles. The fraction of sp³-hybridized carbons (Fsp3) is 0.227. The van der Waals surface area contributed by atoms with E-state index in [0.717, 1.165) is 28.1 Å². The maximum Gasteiger partial charge on any atom is 0.259 e. The van der Waals surface area contributed by atoms with Gasteiger partial charge in [0.1, 0.15) is 0 Å². The molecule has 0 bridgehead atoms. The van der Waals surface area contributed by atoms with E-state index in [0.29, 0.717) is 28.1 Å². The predicted molar refractivity (Wildman–Crippen MR) is 113 cm³/mol. The minimum atomic E-state index is -0.183. The summed E-state index contributed by atoms with van der Waals surface area (Å²) in [5, 5.41) is 7.78. The Labute approximate surface area is 167 Å². The largest absolute Gasteiger partial charge is 0.335 e. The van der Waals surface area contributed by atoms with Crippen LogP contribution >= 0.6 is 11.3 Å². The van der Waals surface area contributed by atoms with Crippen molar-refractivity contribution in [3.63, 3.8) is 0 Å². The van der Waals surface area contributed by atoms with Crippen molar-refractivity contribution in [1.29, 1.82) is 0 Å². The van der Waals surface area contributed by atoms with E-state index in [1.54, 1.807) is 11.3 Å². The van der Waals surface area contributed by atoms with Crippen LogP contribution in [0.2, 0.25) is 0 Å². The lowest BCUT2D eigenvalue weighted by Crippen LogP contribution is -2.15. The van der Waals surface area contributed by atoms with Crippen molar-refractivity contribution in [2.75, 3.05) is 5.32 Å². The van der Waals surface area contributed by atoms with Crippen LogP contribution in [0.5, 0.6) is 0 Å². The third-order valence-electron chi connectivity index (χ3n) is 4.83. The van der Waals surface area contributed by atoms with E-state index in [4.69, 9.17) is 4.52 Å². The van der Waals surface area contributed by atoms with Gasteiger partial charge in [0, 0.05) is 10.6 Å². The summed E-state index contributed by atoms with van der Waals surface area (Å²) >= 11 is 1.63. The second kappa shape index (κ2) is 7.20. The van der Waals surface area contributed by atoms with Crippen molar-refractivity contribution in [3.05, 3.63) is 63.7 Å². The number of hydrogen-bond donors (Lipinski definition) is 1. The van der Waals surface area contributed by atoms with Crippen LogP contribution in [0.3, 0.4) is 0 Å². The lowest BCUT2D eigenvalue weighted by atomic mass is 10.0. The Hall–Kier alpha value is -2.99. The zero-order valence-corrected chi connectivity index (χ0v) is 17.1. The van der Waals surface area contributed by atoms with Gasteiger partial charge in [-0.25, -0.2) is 4.98 Å². The van der Waals surface area contributed by atoms with Crippen molar-refractivity contribution in [2.24, 2.45) is 0 Å². The first kappa shape index (κ1) is 18.4. The maximum atomic E-state index is 13.3. The quantitative estimate of drug-likeness (QED) is 0.485. The molecular formula is C22H21N3O2S. The summed E-state index contributed by atoms with van der Waals surface area (Å²) in [4.78, 5) is 20.0. The molecule has 4 aromatic rings. The van der Waals surface area contributed by atoms with Crippen molar-refractivity contribution in [3.8, 4) is 10.6 Å². The average molecular weight is 391 g/mol. The molecule has 142 valence electrons. The van der Waals surface area contributed by atoms with Crippen LogP contribution in [0.15, 0.2) is 40.9 Å². The van der Waals surface area contributed by atoms with Crippen LogP contribution in [0.25, 0.3) is 21.7 Å². The molecule has 0 fully saturated rings. The Bertz CT molecular complexity index is 1190. The standard InChI is InChI=1S/C22H21N3O2S/c1-5-15-8-6-7-12(2)20(15)24-21(26)16-11-17(18-10-9-13(3)28-18)23-22-19(16)14(4)25-27-22/h6-11H,5H2,1-4H3,(H,24,26). The molecule has 3 heterocycles. The van der Waals surface area contributed by atoms with E-state index < -0.39 is 0 Å². The normalized spacial score (nSPS) is 11.1. The zero-order chi connectivity index (χ0) is 19.8. The summed E-state index contributed by atoms with van der Waals surface area (Å²) in [6.45, 7) is 7.95. The Morgan fingerprint density at radius 1 is 1.18 bits per heavy atom. The SMILES string of the molecule is CCc1cccc(C)c1NC(=O)c1cc(-c2ccc(C)s2)nc2onc(C)c12. The molecule has 0 spiro atoms.